The Morgan fingerprint density at radius 1 is 1.24 bits per heavy atom. The molecular weight excluding hydrogens is 305 g/mol. The van der Waals surface area contributed by atoms with Crippen molar-refractivity contribution < 1.29 is 4.39 Å². The van der Waals surface area contributed by atoms with Gasteiger partial charge in [0.1, 0.15) is 5.82 Å². The van der Waals surface area contributed by atoms with Crippen LogP contribution in [0.2, 0.25) is 5.02 Å². The SMILES string of the molecule is CCNC(c1cc(C)c(F)cc1Cl)c1ccccc1SC. The summed E-state index contributed by atoms with van der Waals surface area (Å²) in [5.74, 6) is -0.267. The molecule has 1 unspecified atom stereocenters. The molecule has 0 fully saturated rings. The Balaban J connectivity index is 2.56. The Bertz CT molecular complexity index is 630. The third-order valence-corrected chi connectivity index (χ3v) is 4.59. The zero-order valence-corrected chi connectivity index (χ0v) is 14.0. The smallest absolute Gasteiger partial charge is 0.127 e. The Labute approximate surface area is 134 Å². The summed E-state index contributed by atoms with van der Waals surface area (Å²) in [6, 6.07) is 11.4. The molecule has 0 saturated carbocycles. The first kappa shape index (κ1) is 16.3. The molecule has 0 aliphatic carbocycles. The molecule has 0 aromatic heterocycles. The highest BCUT2D eigenvalue weighted by atomic mass is 35.5. The van der Waals surface area contributed by atoms with Gasteiger partial charge in [-0.2, -0.15) is 0 Å². The maximum atomic E-state index is 13.6. The highest BCUT2D eigenvalue weighted by molar-refractivity contribution is 7.98. The van der Waals surface area contributed by atoms with Gasteiger partial charge in [0.25, 0.3) is 0 Å². The van der Waals surface area contributed by atoms with Crippen molar-refractivity contribution in [2.45, 2.75) is 24.8 Å². The van der Waals surface area contributed by atoms with Gasteiger partial charge in [0.05, 0.1) is 6.04 Å². The molecule has 0 bridgehead atoms. The Morgan fingerprint density at radius 2 is 1.95 bits per heavy atom. The summed E-state index contributed by atoms with van der Waals surface area (Å²) < 4.78 is 13.6. The molecule has 21 heavy (non-hydrogen) atoms. The van der Waals surface area contributed by atoms with Crippen LogP contribution in [0.15, 0.2) is 41.3 Å². The fraction of sp³-hybridized carbons (Fsp3) is 0.294. The number of hydrogen-bond donors (Lipinski definition) is 1. The van der Waals surface area contributed by atoms with Crippen LogP contribution in [0.25, 0.3) is 0 Å². The van der Waals surface area contributed by atoms with Gasteiger partial charge in [-0.1, -0.05) is 36.7 Å². The topological polar surface area (TPSA) is 12.0 Å². The van der Waals surface area contributed by atoms with Crippen LogP contribution < -0.4 is 5.32 Å². The van der Waals surface area contributed by atoms with E-state index in [1.807, 2.05) is 18.2 Å². The van der Waals surface area contributed by atoms with Crippen LogP contribution >= 0.6 is 23.4 Å². The van der Waals surface area contributed by atoms with Crippen molar-refractivity contribution in [2.24, 2.45) is 0 Å². The van der Waals surface area contributed by atoms with Gasteiger partial charge in [0.2, 0.25) is 0 Å². The number of benzene rings is 2. The van der Waals surface area contributed by atoms with E-state index in [1.54, 1.807) is 18.7 Å². The van der Waals surface area contributed by atoms with Gasteiger partial charge in [-0.25, -0.2) is 4.39 Å². The van der Waals surface area contributed by atoms with Crippen LogP contribution in [0.3, 0.4) is 0 Å². The molecule has 0 saturated heterocycles. The van der Waals surface area contributed by atoms with Crippen molar-refractivity contribution >= 4 is 23.4 Å². The molecular formula is C17H19ClFNS. The van der Waals surface area contributed by atoms with Gasteiger partial charge < -0.3 is 5.32 Å². The van der Waals surface area contributed by atoms with Gasteiger partial charge in [-0.15, -0.1) is 11.8 Å². The van der Waals surface area contributed by atoms with E-state index in [-0.39, 0.29) is 11.9 Å². The van der Waals surface area contributed by atoms with Crippen LogP contribution in [-0.4, -0.2) is 12.8 Å². The predicted octanol–water partition coefficient (Wildman–Crippen LogP) is 5.21. The van der Waals surface area contributed by atoms with Gasteiger partial charge >= 0.3 is 0 Å². The van der Waals surface area contributed by atoms with Crippen molar-refractivity contribution in [1.29, 1.82) is 0 Å². The molecule has 0 amide bonds. The molecule has 2 rings (SSSR count). The Kier molecular flexibility index (Phi) is 5.68. The number of hydrogen-bond acceptors (Lipinski definition) is 2. The zero-order chi connectivity index (χ0) is 15.4. The molecule has 1 nitrogen and oxygen atoms in total. The van der Waals surface area contributed by atoms with Gasteiger partial charge in [0.15, 0.2) is 0 Å². The quantitative estimate of drug-likeness (QED) is 0.758. The van der Waals surface area contributed by atoms with E-state index >= 15 is 0 Å². The Morgan fingerprint density at radius 3 is 2.62 bits per heavy atom. The van der Waals surface area contributed by atoms with Crippen molar-refractivity contribution in [3.63, 3.8) is 0 Å². The normalized spacial score (nSPS) is 12.4. The van der Waals surface area contributed by atoms with Crippen LogP contribution in [0.4, 0.5) is 4.39 Å². The molecule has 112 valence electrons. The number of thioether (sulfide) groups is 1. The molecule has 0 aliphatic heterocycles. The van der Waals surface area contributed by atoms with Gasteiger partial charge in [-0.05, 0) is 54.6 Å². The number of halogens is 2. The monoisotopic (exact) mass is 323 g/mol. The first-order valence-corrected chi connectivity index (χ1v) is 8.50. The summed E-state index contributed by atoms with van der Waals surface area (Å²) in [7, 11) is 0. The number of rotatable bonds is 5. The van der Waals surface area contributed by atoms with Gasteiger partial charge in [0, 0.05) is 9.92 Å². The summed E-state index contributed by atoms with van der Waals surface area (Å²) in [5.41, 5.74) is 2.69. The van der Waals surface area contributed by atoms with Gasteiger partial charge in [-0.3, -0.25) is 0 Å². The molecule has 4 heteroatoms. The highest BCUT2D eigenvalue weighted by Gasteiger charge is 2.20. The maximum absolute atomic E-state index is 13.6. The van der Waals surface area contributed by atoms with E-state index in [0.29, 0.717) is 10.6 Å². The summed E-state index contributed by atoms with van der Waals surface area (Å²) in [6.45, 7) is 4.62. The maximum Gasteiger partial charge on any atom is 0.127 e. The fourth-order valence-corrected chi connectivity index (χ4v) is 3.29. The first-order valence-electron chi connectivity index (χ1n) is 6.90. The van der Waals surface area contributed by atoms with E-state index in [0.717, 1.165) is 12.1 Å². The first-order chi connectivity index (χ1) is 10.1. The number of aryl methyl sites for hydroxylation is 1. The van der Waals surface area contributed by atoms with E-state index in [4.69, 9.17) is 11.6 Å². The average Bonchev–Trinajstić information content (AvgIpc) is 2.49. The summed E-state index contributed by atoms with van der Waals surface area (Å²) >= 11 is 7.99. The lowest BCUT2D eigenvalue weighted by Crippen LogP contribution is -2.23. The fourth-order valence-electron chi connectivity index (χ4n) is 2.40. The van der Waals surface area contributed by atoms with Crippen molar-refractivity contribution in [3.05, 3.63) is 63.9 Å². The molecule has 2 aromatic carbocycles. The van der Waals surface area contributed by atoms with Crippen LogP contribution in [0.1, 0.15) is 29.7 Å². The molecule has 2 aromatic rings. The minimum absolute atomic E-state index is 0.0366. The second-order valence-electron chi connectivity index (χ2n) is 4.86. The van der Waals surface area contributed by atoms with Crippen LogP contribution in [-0.2, 0) is 0 Å². The lowest BCUT2D eigenvalue weighted by Gasteiger charge is -2.23. The molecule has 0 heterocycles. The zero-order valence-electron chi connectivity index (χ0n) is 12.4. The van der Waals surface area contributed by atoms with E-state index in [2.05, 4.69) is 30.6 Å². The molecule has 0 radical (unpaired) electrons. The van der Waals surface area contributed by atoms with E-state index in [9.17, 15) is 4.39 Å². The standard InChI is InChI=1S/C17H19ClFNS/c1-4-20-17(12-7-5-6-8-16(12)21-3)13-9-11(2)15(19)10-14(13)18/h5-10,17,20H,4H2,1-3H3. The second-order valence-corrected chi connectivity index (χ2v) is 6.11. The van der Waals surface area contributed by atoms with E-state index < -0.39 is 0 Å². The third kappa shape index (κ3) is 3.60. The summed E-state index contributed by atoms with van der Waals surface area (Å²) in [4.78, 5) is 1.20. The molecule has 0 aliphatic rings. The average molecular weight is 324 g/mol. The molecule has 1 N–H and O–H groups in total. The van der Waals surface area contributed by atoms with Crippen molar-refractivity contribution in [1.82, 2.24) is 5.32 Å². The van der Waals surface area contributed by atoms with Crippen LogP contribution in [0.5, 0.6) is 0 Å². The molecule has 0 spiro atoms. The minimum atomic E-state index is -0.267. The second kappa shape index (κ2) is 7.30. The third-order valence-electron chi connectivity index (χ3n) is 3.45. The van der Waals surface area contributed by atoms with Crippen molar-refractivity contribution in [2.75, 3.05) is 12.8 Å². The lowest BCUT2D eigenvalue weighted by molar-refractivity contribution is 0.603. The summed E-state index contributed by atoms with van der Waals surface area (Å²) in [5, 5.41) is 3.92. The summed E-state index contributed by atoms with van der Waals surface area (Å²) in [6.07, 6.45) is 2.05. The largest absolute Gasteiger partial charge is 0.306 e. The van der Waals surface area contributed by atoms with E-state index in [1.165, 1.54) is 16.5 Å². The number of nitrogens with one attached hydrogen (secondary N) is 1. The lowest BCUT2D eigenvalue weighted by atomic mass is 9.97. The minimum Gasteiger partial charge on any atom is -0.306 e. The van der Waals surface area contributed by atoms with Crippen LogP contribution in [0, 0.1) is 12.7 Å². The van der Waals surface area contributed by atoms with Crippen molar-refractivity contribution in [3.8, 4) is 0 Å². The molecule has 1 atom stereocenters. The predicted molar refractivity (Wildman–Crippen MR) is 89.9 cm³/mol. The Hall–Kier alpha value is -1.03. The highest BCUT2D eigenvalue weighted by Crippen LogP contribution is 2.34.